The molecule has 1 aliphatic rings. The van der Waals surface area contributed by atoms with Crippen molar-refractivity contribution in [2.45, 2.75) is 16.6 Å². The molecule has 1 unspecified atom stereocenters. The molecule has 1 amide bonds. The van der Waals surface area contributed by atoms with Gasteiger partial charge in [0.15, 0.2) is 11.6 Å². The van der Waals surface area contributed by atoms with E-state index in [1.54, 1.807) is 17.8 Å². The molecule has 19 heavy (non-hydrogen) atoms. The third-order valence-electron chi connectivity index (χ3n) is 2.97. The number of aromatic nitrogens is 1. The highest BCUT2D eigenvalue weighted by atomic mass is 32.2. The number of anilines is 1. The number of nitrogens with one attached hydrogen (secondary N) is 1. The molecule has 4 nitrogen and oxygen atoms in total. The lowest BCUT2D eigenvalue weighted by Gasteiger charge is -2.09. The zero-order valence-corrected chi connectivity index (χ0v) is 10.9. The monoisotopic (exact) mass is 272 g/mol. The topological polar surface area (TPSA) is 62.2 Å². The first kappa shape index (κ1) is 12.0. The molecular weight excluding hydrogens is 260 g/mol. The van der Waals surface area contributed by atoms with Crippen LogP contribution in [-0.4, -0.2) is 21.2 Å². The summed E-state index contributed by atoms with van der Waals surface area (Å²) < 4.78 is 0. The molecule has 1 aromatic heterocycles. The first-order chi connectivity index (χ1) is 9.24. The van der Waals surface area contributed by atoms with E-state index in [9.17, 15) is 9.90 Å². The largest absolute Gasteiger partial charge is 0.504 e. The summed E-state index contributed by atoms with van der Waals surface area (Å²) in [6.45, 7) is 0. The lowest BCUT2D eigenvalue weighted by Crippen LogP contribution is -2.25. The van der Waals surface area contributed by atoms with Gasteiger partial charge in [-0.3, -0.25) is 4.79 Å². The number of nitrogens with zero attached hydrogens (tertiary/aromatic N) is 1. The predicted molar refractivity (Wildman–Crippen MR) is 74.3 cm³/mol. The number of thioether (sulfide) groups is 1. The van der Waals surface area contributed by atoms with Crippen molar-refractivity contribution in [2.75, 3.05) is 5.32 Å². The minimum atomic E-state index is -0.168. The fraction of sp³-hybridized carbons (Fsp3) is 0.143. The second-order valence-electron chi connectivity index (χ2n) is 4.28. The number of carbonyl (C=O) groups is 1. The van der Waals surface area contributed by atoms with E-state index in [2.05, 4.69) is 10.3 Å². The Morgan fingerprint density at radius 2 is 2.16 bits per heavy atom. The van der Waals surface area contributed by atoms with Crippen LogP contribution in [0.4, 0.5) is 5.82 Å². The average molecular weight is 272 g/mol. The van der Waals surface area contributed by atoms with E-state index in [1.807, 2.05) is 24.3 Å². The van der Waals surface area contributed by atoms with Crippen molar-refractivity contribution in [1.82, 2.24) is 4.98 Å². The molecule has 0 saturated carbocycles. The number of benzene rings is 1. The molecule has 2 heterocycles. The number of hydrogen-bond donors (Lipinski definition) is 2. The summed E-state index contributed by atoms with van der Waals surface area (Å²) in [6, 6.07) is 11.1. The molecule has 0 aliphatic carbocycles. The van der Waals surface area contributed by atoms with Gasteiger partial charge in [-0.05, 0) is 30.2 Å². The van der Waals surface area contributed by atoms with Crippen molar-refractivity contribution in [3.8, 4) is 5.75 Å². The van der Waals surface area contributed by atoms with Crippen LogP contribution in [0.1, 0.15) is 5.56 Å². The van der Waals surface area contributed by atoms with Gasteiger partial charge in [0.2, 0.25) is 5.91 Å². The quantitative estimate of drug-likeness (QED) is 0.881. The molecule has 2 N–H and O–H groups in total. The minimum Gasteiger partial charge on any atom is -0.504 e. The van der Waals surface area contributed by atoms with Gasteiger partial charge in [-0.15, -0.1) is 11.8 Å². The fourth-order valence-electron chi connectivity index (χ4n) is 2.02. The summed E-state index contributed by atoms with van der Waals surface area (Å²) in [5.74, 6) is 0.0654. The molecule has 1 aromatic carbocycles. The van der Waals surface area contributed by atoms with Crippen LogP contribution in [0.25, 0.3) is 0 Å². The third-order valence-corrected chi connectivity index (χ3v) is 4.29. The maximum Gasteiger partial charge on any atom is 0.239 e. The van der Waals surface area contributed by atoms with Crippen LogP contribution in [0.2, 0.25) is 0 Å². The van der Waals surface area contributed by atoms with Crippen molar-refractivity contribution < 1.29 is 9.90 Å². The smallest absolute Gasteiger partial charge is 0.239 e. The van der Waals surface area contributed by atoms with E-state index in [-0.39, 0.29) is 22.7 Å². The van der Waals surface area contributed by atoms with Crippen molar-refractivity contribution in [3.63, 3.8) is 0 Å². The van der Waals surface area contributed by atoms with Crippen molar-refractivity contribution >= 4 is 23.5 Å². The van der Waals surface area contributed by atoms with Gasteiger partial charge in [-0.2, -0.15) is 0 Å². The normalized spacial score (nSPS) is 16.9. The molecular formula is C14H12N2O2S. The molecule has 0 bridgehead atoms. The molecule has 3 rings (SSSR count). The molecule has 0 fully saturated rings. The molecule has 2 aromatic rings. The van der Waals surface area contributed by atoms with E-state index in [1.165, 1.54) is 17.8 Å². The van der Waals surface area contributed by atoms with E-state index in [0.717, 1.165) is 4.90 Å². The minimum absolute atomic E-state index is 0.0173. The van der Waals surface area contributed by atoms with Crippen molar-refractivity contribution in [1.29, 1.82) is 0 Å². The zero-order chi connectivity index (χ0) is 13.2. The van der Waals surface area contributed by atoms with E-state index in [0.29, 0.717) is 6.42 Å². The Balaban J connectivity index is 1.72. The number of hydrogen-bond acceptors (Lipinski definition) is 4. The number of pyridine rings is 1. The van der Waals surface area contributed by atoms with Gasteiger partial charge in [0.1, 0.15) is 0 Å². The number of amides is 1. The zero-order valence-electron chi connectivity index (χ0n) is 10.0. The average Bonchev–Trinajstić information content (AvgIpc) is 2.85. The van der Waals surface area contributed by atoms with Gasteiger partial charge < -0.3 is 10.4 Å². The number of aromatic hydroxyl groups is 1. The first-order valence-electron chi connectivity index (χ1n) is 5.93. The van der Waals surface area contributed by atoms with Gasteiger partial charge in [-0.25, -0.2) is 4.98 Å². The maximum atomic E-state index is 12.2. The summed E-state index contributed by atoms with van der Waals surface area (Å²) in [4.78, 5) is 17.2. The van der Waals surface area contributed by atoms with E-state index < -0.39 is 0 Å². The van der Waals surface area contributed by atoms with Crippen molar-refractivity contribution in [3.05, 3.63) is 48.2 Å². The second-order valence-corrected chi connectivity index (χ2v) is 5.52. The van der Waals surface area contributed by atoms with Crippen LogP contribution in [0.5, 0.6) is 5.75 Å². The highest BCUT2D eigenvalue weighted by Gasteiger charge is 2.28. The molecule has 1 atom stereocenters. The first-order valence-corrected chi connectivity index (χ1v) is 6.81. The Morgan fingerprint density at radius 1 is 1.32 bits per heavy atom. The maximum absolute atomic E-state index is 12.2. The predicted octanol–water partition coefficient (Wildman–Crippen LogP) is 2.44. The van der Waals surface area contributed by atoms with Crippen LogP contribution < -0.4 is 5.32 Å². The van der Waals surface area contributed by atoms with Gasteiger partial charge in [0.25, 0.3) is 0 Å². The van der Waals surface area contributed by atoms with Crippen LogP contribution in [0.3, 0.4) is 0 Å². The van der Waals surface area contributed by atoms with Crippen molar-refractivity contribution in [2.24, 2.45) is 0 Å². The van der Waals surface area contributed by atoms with Gasteiger partial charge in [-0.1, -0.05) is 18.2 Å². The van der Waals surface area contributed by atoms with Gasteiger partial charge in [0.05, 0.1) is 5.25 Å². The highest BCUT2D eigenvalue weighted by molar-refractivity contribution is 8.01. The molecule has 96 valence electrons. The Bertz CT molecular complexity index is 605. The van der Waals surface area contributed by atoms with Crippen LogP contribution >= 0.6 is 11.8 Å². The van der Waals surface area contributed by atoms with Gasteiger partial charge >= 0.3 is 0 Å². The second kappa shape index (κ2) is 4.93. The molecule has 0 saturated heterocycles. The number of carbonyl (C=O) groups excluding carboxylic acids is 1. The Morgan fingerprint density at radius 3 is 2.95 bits per heavy atom. The lowest BCUT2D eigenvalue weighted by atomic mass is 10.1. The molecule has 0 spiro atoms. The molecule has 5 heteroatoms. The molecule has 1 aliphatic heterocycles. The van der Waals surface area contributed by atoms with E-state index in [4.69, 9.17) is 0 Å². The fourth-order valence-corrected chi connectivity index (χ4v) is 3.21. The standard InChI is InChI=1S/C14H12N2O2S/c17-10-5-3-7-15-13(10)16-14(18)12-8-9-4-1-2-6-11(9)19-12/h1-7,12,17H,8H2,(H,15,16,18). The summed E-state index contributed by atoms with van der Waals surface area (Å²) in [5, 5.41) is 12.1. The summed E-state index contributed by atoms with van der Waals surface area (Å²) in [7, 11) is 0. The Kier molecular flexibility index (Phi) is 3.13. The third kappa shape index (κ3) is 2.42. The van der Waals surface area contributed by atoms with Crippen LogP contribution in [-0.2, 0) is 11.2 Å². The lowest BCUT2D eigenvalue weighted by molar-refractivity contribution is -0.115. The summed E-state index contributed by atoms with van der Waals surface area (Å²) in [6.07, 6.45) is 2.24. The summed E-state index contributed by atoms with van der Waals surface area (Å²) in [5.41, 5.74) is 1.19. The van der Waals surface area contributed by atoms with Gasteiger partial charge in [0, 0.05) is 11.1 Å². The Labute approximate surface area is 114 Å². The summed E-state index contributed by atoms with van der Waals surface area (Å²) >= 11 is 1.55. The van der Waals surface area contributed by atoms with Crippen LogP contribution in [0.15, 0.2) is 47.5 Å². The number of fused-ring (bicyclic) bond motifs is 1. The Hall–Kier alpha value is -2.01. The van der Waals surface area contributed by atoms with Crippen LogP contribution in [0, 0.1) is 0 Å². The van der Waals surface area contributed by atoms with E-state index >= 15 is 0 Å². The highest BCUT2D eigenvalue weighted by Crippen LogP contribution is 2.37. The SMILES string of the molecule is O=C(Nc1ncccc1O)C1Cc2ccccc2S1. The number of rotatable bonds is 2. The molecule has 0 radical (unpaired) electrons.